The highest BCUT2D eigenvalue weighted by Crippen LogP contribution is 2.29. The summed E-state index contributed by atoms with van der Waals surface area (Å²) in [5, 5.41) is 11.0. The number of hydrogen-bond acceptors (Lipinski definition) is 4. The number of nitrogens with zero attached hydrogens (tertiary/aromatic N) is 1. The van der Waals surface area contributed by atoms with Crippen LogP contribution in [0.15, 0.2) is 18.2 Å². The second-order valence-electron chi connectivity index (χ2n) is 3.45. The van der Waals surface area contributed by atoms with Crippen LogP contribution in [0, 0.1) is 10.1 Å². The SMILES string of the molecule is CCCC(=O)COc1ccc(Cl)cc1[N+](=O)[O-]. The molecule has 1 rings (SSSR count). The number of hydrogen-bond donors (Lipinski definition) is 0. The molecule has 5 nitrogen and oxygen atoms in total. The molecule has 0 amide bonds. The third-order valence-corrected chi connectivity index (χ3v) is 2.27. The molecule has 0 aromatic heterocycles. The molecule has 0 N–H and O–H groups in total. The van der Waals surface area contributed by atoms with Gasteiger partial charge in [-0.15, -0.1) is 0 Å². The molecule has 0 radical (unpaired) electrons. The molecular weight excluding hydrogens is 246 g/mol. The summed E-state index contributed by atoms with van der Waals surface area (Å²) in [4.78, 5) is 21.4. The van der Waals surface area contributed by atoms with E-state index in [2.05, 4.69) is 0 Å². The average Bonchev–Trinajstić information content (AvgIpc) is 2.27. The van der Waals surface area contributed by atoms with Crippen LogP contribution in [0.1, 0.15) is 19.8 Å². The molecule has 0 aliphatic rings. The average molecular weight is 258 g/mol. The zero-order valence-electron chi connectivity index (χ0n) is 9.31. The van der Waals surface area contributed by atoms with Crippen molar-refractivity contribution >= 4 is 23.1 Å². The van der Waals surface area contributed by atoms with E-state index in [0.717, 1.165) is 6.42 Å². The van der Waals surface area contributed by atoms with Crippen molar-refractivity contribution in [2.75, 3.05) is 6.61 Å². The van der Waals surface area contributed by atoms with Crippen molar-refractivity contribution in [1.82, 2.24) is 0 Å². The minimum Gasteiger partial charge on any atom is -0.479 e. The standard InChI is InChI=1S/C11H12ClNO4/c1-2-3-9(14)7-17-11-5-4-8(12)6-10(11)13(15)16/h4-6H,2-3,7H2,1H3. The maximum atomic E-state index is 11.2. The zero-order chi connectivity index (χ0) is 12.8. The molecule has 0 bridgehead atoms. The summed E-state index contributed by atoms with van der Waals surface area (Å²) in [5.74, 6) is -0.0272. The van der Waals surface area contributed by atoms with Crippen LogP contribution < -0.4 is 4.74 Å². The van der Waals surface area contributed by atoms with Crippen molar-refractivity contribution in [3.8, 4) is 5.75 Å². The largest absolute Gasteiger partial charge is 0.479 e. The highest BCUT2D eigenvalue weighted by atomic mass is 35.5. The molecule has 0 atom stereocenters. The molecule has 0 heterocycles. The fourth-order valence-corrected chi connectivity index (χ4v) is 1.43. The predicted molar refractivity (Wildman–Crippen MR) is 63.5 cm³/mol. The summed E-state index contributed by atoms with van der Waals surface area (Å²) in [5.41, 5.74) is -0.234. The Kier molecular flexibility index (Phi) is 4.90. The minimum absolute atomic E-state index is 0.0591. The zero-order valence-corrected chi connectivity index (χ0v) is 10.1. The summed E-state index contributed by atoms with van der Waals surface area (Å²) in [6, 6.07) is 4.06. The second-order valence-corrected chi connectivity index (χ2v) is 3.88. The minimum atomic E-state index is -0.592. The molecule has 6 heteroatoms. The number of carbonyl (C=O) groups excluding carboxylic acids is 1. The Balaban J connectivity index is 2.77. The summed E-state index contributed by atoms with van der Waals surface area (Å²) in [7, 11) is 0. The van der Waals surface area contributed by atoms with Gasteiger partial charge in [-0.2, -0.15) is 0 Å². The monoisotopic (exact) mass is 257 g/mol. The Morgan fingerprint density at radius 2 is 2.24 bits per heavy atom. The van der Waals surface area contributed by atoms with Crippen molar-refractivity contribution < 1.29 is 14.5 Å². The van der Waals surface area contributed by atoms with E-state index in [-0.39, 0.29) is 28.8 Å². The predicted octanol–water partition coefficient (Wildman–Crippen LogP) is 3.00. The van der Waals surface area contributed by atoms with Crippen LogP contribution in [0.2, 0.25) is 5.02 Å². The van der Waals surface area contributed by atoms with E-state index in [0.29, 0.717) is 6.42 Å². The third-order valence-electron chi connectivity index (χ3n) is 2.04. The van der Waals surface area contributed by atoms with Gasteiger partial charge in [0.1, 0.15) is 6.61 Å². The van der Waals surface area contributed by atoms with Crippen molar-refractivity contribution in [3.63, 3.8) is 0 Å². The van der Waals surface area contributed by atoms with Crippen molar-refractivity contribution in [3.05, 3.63) is 33.3 Å². The summed E-state index contributed by atoms with van der Waals surface area (Å²) < 4.78 is 5.12. The van der Waals surface area contributed by atoms with Gasteiger partial charge in [0.15, 0.2) is 11.5 Å². The number of carbonyl (C=O) groups is 1. The lowest BCUT2D eigenvalue weighted by Gasteiger charge is -2.05. The lowest BCUT2D eigenvalue weighted by Crippen LogP contribution is -2.11. The van der Waals surface area contributed by atoms with E-state index < -0.39 is 4.92 Å². The van der Waals surface area contributed by atoms with Crippen LogP contribution in [-0.2, 0) is 4.79 Å². The van der Waals surface area contributed by atoms with Gasteiger partial charge in [0.25, 0.3) is 0 Å². The van der Waals surface area contributed by atoms with E-state index in [1.165, 1.54) is 18.2 Å². The molecular formula is C11H12ClNO4. The van der Waals surface area contributed by atoms with E-state index in [1.54, 1.807) is 0 Å². The third kappa shape index (κ3) is 4.03. The molecule has 0 aliphatic heterocycles. The Hall–Kier alpha value is -1.62. The normalized spacial score (nSPS) is 10.0. The molecule has 0 fully saturated rings. The van der Waals surface area contributed by atoms with Crippen molar-refractivity contribution in [2.24, 2.45) is 0 Å². The number of nitro benzene ring substituents is 1. The lowest BCUT2D eigenvalue weighted by atomic mass is 10.2. The Morgan fingerprint density at radius 3 is 2.82 bits per heavy atom. The highest BCUT2D eigenvalue weighted by Gasteiger charge is 2.16. The van der Waals surface area contributed by atoms with Gasteiger partial charge in [0.2, 0.25) is 0 Å². The van der Waals surface area contributed by atoms with Crippen LogP contribution in [-0.4, -0.2) is 17.3 Å². The van der Waals surface area contributed by atoms with Gasteiger partial charge in [0.05, 0.1) is 4.92 Å². The first-order valence-corrected chi connectivity index (χ1v) is 5.50. The van der Waals surface area contributed by atoms with Gasteiger partial charge in [-0.25, -0.2) is 0 Å². The topological polar surface area (TPSA) is 69.4 Å². The molecule has 17 heavy (non-hydrogen) atoms. The molecule has 0 unspecified atom stereocenters. The summed E-state index contributed by atoms with van der Waals surface area (Å²) in [6.07, 6.45) is 1.13. The Morgan fingerprint density at radius 1 is 1.53 bits per heavy atom. The quantitative estimate of drug-likeness (QED) is 0.580. The smallest absolute Gasteiger partial charge is 0.312 e. The van der Waals surface area contributed by atoms with E-state index in [1.807, 2.05) is 6.92 Å². The summed E-state index contributed by atoms with van der Waals surface area (Å²) >= 11 is 5.65. The Labute approximate surface area is 103 Å². The number of halogens is 1. The van der Waals surface area contributed by atoms with Crippen molar-refractivity contribution in [1.29, 1.82) is 0 Å². The summed E-state index contributed by atoms with van der Waals surface area (Å²) in [6.45, 7) is 1.72. The number of benzene rings is 1. The van der Waals surface area contributed by atoms with E-state index in [9.17, 15) is 14.9 Å². The van der Waals surface area contributed by atoms with Gasteiger partial charge in [-0.1, -0.05) is 18.5 Å². The number of ether oxygens (including phenoxy) is 1. The van der Waals surface area contributed by atoms with Gasteiger partial charge in [-0.05, 0) is 18.6 Å². The van der Waals surface area contributed by atoms with Crippen LogP contribution in [0.3, 0.4) is 0 Å². The second kappa shape index (κ2) is 6.20. The molecule has 1 aromatic carbocycles. The molecule has 0 saturated heterocycles. The number of nitro groups is 1. The van der Waals surface area contributed by atoms with Crippen LogP contribution in [0.25, 0.3) is 0 Å². The van der Waals surface area contributed by atoms with E-state index in [4.69, 9.17) is 16.3 Å². The fourth-order valence-electron chi connectivity index (χ4n) is 1.26. The fraction of sp³-hybridized carbons (Fsp3) is 0.364. The first kappa shape index (κ1) is 13.4. The van der Waals surface area contributed by atoms with Crippen LogP contribution in [0.5, 0.6) is 5.75 Å². The maximum Gasteiger partial charge on any atom is 0.312 e. The van der Waals surface area contributed by atoms with Crippen LogP contribution >= 0.6 is 11.6 Å². The molecule has 0 aliphatic carbocycles. The van der Waals surface area contributed by atoms with Crippen LogP contribution in [0.4, 0.5) is 5.69 Å². The van der Waals surface area contributed by atoms with Gasteiger partial charge in [-0.3, -0.25) is 14.9 Å². The first-order valence-electron chi connectivity index (χ1n) is 5.13. The maximum absolute atomic E-state index is 11.2. The molecule has 0 spiro atoms. The number of Topliss-reactive ketones (excluding diaryl/α,β-unsaturated/α-hetero) is 1. The first-order chi connectivity index (χ1) is 8.04. The van der Waals surface area contributed by atoms with Gasteiger partial charge in [0, 0.05) is 17.5 Å². The lowest BCUT2D eigenvalue weighted by molar-refractivity contribution is -0.385. The highest BCUT2D eigenvalue weighted by molar-refractivity contribution is 6.30. The van der Waals surface area contributed by atoms with Gasteiger partial charge >= 0.3 is 5.69 Å². The molecule has 0 saturated carbocycles. The number of ketones is 1. The van der Waals surface area contributed by atoms with E-state index >= 15 is 0 Å². The number of rotatable bonds is 6. The Bertz CT molecular complexity index is 433. The molecule has 1 aromatic rings. The van der Waals surface area contributed by atoms with Crippen molar-refractivity contribution in [2.45, 2.75) is 19.8 Å². The molecule has 92 valence electrons. The van der Waals surface area contributed by atoms with Gasteiger partial charge < -0.3 is 4.74 Å².